The molecule has 1 fully saturated rings. The predicted molar refractivity (Wildman–Crippen MR) is 120 cm³/mol. The summed E-state index contributed by atoms with van der Waals surface area (Å²) in [6, 6.07) is 6.22. The van der Waals surface area contributed by atoms with Crippen molar-refractivity contribution in [2.45, 2.75) is 43.4 Å². The lowest BCUT2D eigenvalue weighted by Crippen LogP contribution is -2.34. The van der Waals surface area contributed by atoms with Crippen LogP contribution in [-0.4, -0.2) is 63.1 Å². The zero-order valence-corrected chi connectivity index (χ0v) is 19.2. The van der Waals surface area contributed by atoms with E-state index in [1.165, 1.54) is 23.5 Å². The SMILES string of the molecule is COCCOC(=O)CCC(=O)NC(=S)Nc1ccc(S(=O)(=O)N2CCCCCC2)cc1. The van der Waals surface area contributed by atoms with E-state index in [0.717, 1.165) is 25.7 Å². The van der Waals surface area contributed by atoms with Crippen LogP contribution < -0.4 is 10.6 Å². The highest BCUT2D eigenvalue weighted by atomic mass is 32.2. The number of nitrogens with one attached hydrogen (secondary N) is 2. The van der Waals surface area contributed by atoms with Crippen LogP contribution in [0.5, 0.6) is 0 Å². The number of benzene rings is 1. The Bertz CT molecular complexity index is 850. The molecular formula is C20H29N3O6S2. The molecule has 1 aliphatic rings. The summed E-state index contributed by atoms with van der Waals surface area (Å²) in [5.74, 6) is -0.922. The molecule has 0 bridgehead atoms. The fourth-order valence-corrected chi connectivity index (χ4v) is 4.77. The molecule has 1 heterocycles. The Morgan fingerprint density at radius 1 is 1.03 bits per heavy atom. The van der Waals surface area contributed by atoms with Crippen molar-refractivity contribution in [2.24, 2.45) is 0 Å². The van der Waals surface area contributed by atoms with Gasteiger partial charge in [-0.3, -0.25) is 9.59 Å². The molecule has 0 unspecified atom stereocenters. The van der Waals surface area contributed by atoms with Gasteiger partial charge in [0.2, 0.25) is 15.9 Å². The highest BCUT2D eigenvalue weighted by Gasteiger charge is 2.24. The molecule has 9 nitrogen and oxygen atoms in total. The molecule has 11 heteroatoms. The third-order valence-corrected chi connectivity index (χ3v) is 6.79. The number of esters is 1. The van der Waals surface area contributed by atoms with Crippen molar-refractivity contribution in [3.8, 4) is 0 Å². The summed E-state index contributed by atoms with van der Waals surface area (Å²) in [7, 11) is -2.02. The quantitative estimate of drug-likeness (QED) is 0.320. The first kappa shape index (κ1) is 25.2. The van der Waals surface area contributed by atoms with E-state index in [4.69, 9.17) is 21.7 Å². The van der Waals surface area contributed by atoms with E-state index < -0.39 is 21.9 Å². The van der Waals surface area contributed by atoms with Crippen molar-refractivity contribution in [3.05, 3.63) is 24.3 Å². The van der Waals surface area contributed by atoms with Crippen LogP contribution in [0.25, 0.3) is 0 Å². The molecule has 2 N–H and O–H groups in total. The van der Waals surface area contributed by atoms with Gasteiger partial charge >= 0.3 is 5.97 Å². The van der Waals surface area contributed by atoms with Crippen LogP contribution in [0.1, 0.15) is 38.5 Å². The summed E-state index contributed by atoms with van der Waals surface area (Å²) in [6.07, 6.45) is 3.71. The van der Waals surface area contributed by atoms with E-state index in [9.17, 15) is 18.0 Å². The van der Waals surface area contributed by atoms with Crippen molar-refractivity contribution >= 4 is 44.9 Å². The molecule has 31 heavy (non-hydrogen) atoms. The minimum absolute atomic E-state index is 0.0564. The number of hydrogen-bond donors (Lipinski definition) is 2. The number of methoxy groups -OCH3 is 1. The first-order valence-electron chi connectivity index (χ1n) is 10.2. The van der Waals surface area contributed by atoms with Crippen molar-refractivity contribution in [1.82, 2.24) is 9.62 Å². The van der Waals surface area contributed by atoms with E-state index in [1.807, 2.05) is 0 Å². The molecular weight excluding hydrogens is 442 g/mol. The summed E-state index contributed by atoms with van der Waals surface area (Å²) in [5, 5.41) is 5.36. The van der Waals surface area contributed by atoms with E-state index in [0.29, 0.717) is 25.4 Å². The van der Waals surface area contributed by atoms with E-state index >= 15 is 0 Å². The second kappa shape index (κ2) is 12.7. The van der Waals surface area contributed by atoms with Gasteiger partial charge in [-0.15, -0.1) is 0 Å². The van der Waals surface area contributed by atoms with Crippen molar-refractivity contribution in [1.29, 1.82) is 0 Å². The second-order valence-corrected chi connectivity index (χ2v) is 9.40. The van der Waals surface area contributed by atoms with Crippen LogP contribution in [0.4, 0.5) is 5.69 Å². The molecule has 1 aromatic rings. The van der Waals surface area contributed by atoms with Gasteiger partial charge in [0, 0.05) is 32.3 Å². The minimum atomic E-state index is -3.52. The largest absolute Gasteiger partial charge is 0.463 e. The van der Waals surface area contributed by atoms with Gasteiger partial charge in [-0.2, -0.15) is 4.31 Å². The Hall–Kier alpha value is -2.08. The number of amides is 1. The maximum absolute atomic E-state index is 12.8. The van der Waals surface area contributed by atoms with Crippen LogP contribution in [0.15, 0.2) is 29.2 Å². The van der Waals surface area contributed by atoms with Crippen molar-refractivity contribution in [2.75, 3.05) is 38.7 Å². The smallest absolute Gasteiger partial charge is 0.306 e. The third kappa shape index (κ3) is 8.52. The normalized spacial score (nSPS) is 15.0. The number of anilines is 1. The molecule has 1 aliphatic heterocycles. The zero-order valence-electron chi connectivity index (χ0n) is 17.6. The molecule has 1 amide bonds. The number of thiocarbonyl (C=S) groups is 1. The monoisotopic (exact) mass is 471 g/mol. The number of nitrogens with zero attached hydrogens (tertiary/aromatic N) is 1. The maximum Gasteiger partial charge on any atom is 0.306 e. The Morgan fingerprint density at radius 3 is 2.29 bits per heavy atom. The van der Waals surface area contributed by atoms with E-state index in [2.05, 4.69) is 10.6 Å². The number of ether oxygens (including phenoxy) is 2. The molecule has 2 rings (SSSR count). The highest BCUT2D eigenvalue weighted by molar-refractivity contribution is 7.89. The van der Waals surface area contributed by atoms with Crippen LogP contribution in [-0.2, 0) is 29.1 Å². The van der Waals surface area contributed by atoms with Crippen LogP contribution in [0.3, 0.4) is 0 Å². The van der Waals surface area contributed by atoms with Gasteiger partial charge in [0.15, 0.2) is 5.11 Å². The third-order valence-electron chi connectivity index (χ3n) is 4.67. The first-order valence-corrected chi connectivity index (χ1v) is 12.0. The number of sulfonamides is 1. The topological polar surface area (TPSA) is 114 Å². The van der Waals surface area contributed by atoms with E-state index in [-0.39, 0.29) is 29.5 Å². The maximum atomic E-state index is 12.8. The summed E-state index contributed by atoms with van der Waals surface area (Å²) in [4.78, 5) is 23.6. The Kier molecular flexibility index (Phi) is 10.3. The van der Waals surface area contributed by atoms with E-state index in [1.54, 1.807) is 12.1 Å². The molecule has 0 aliphatic carbocycles. The molecule has 0 saturated carbocycles. The van der Waals surface area contributed by atoms with Gasteiger partial charge in [-0.25, -0.2) is 8.42 Å². The molecule has 1 aromatic carbocycles. The number of rotatable bonds is 9. The van der Waals surface area contributed by atoms with Gasteiger partial charge in [-0.05, 0) is 49.3 Å². The van der Waals surface area contributed by atoms with Crippen LogP contribution in [0, 0.1) is 0 Å². The van der Waals surface area contributed by atoms with Gasteiger partial charge in [0.1, 0.15) is 6.61 Å². The molecule has 1 saturated heterocycles. The zero-order chi connectivity index (χ0) is 22.7. The summed E-state index contributed by atoms with van der Waals surface area (Å²) < 4.78 is 36.8. The molecule has 0 radical (unpaired) electrons. The standard InChI is InChI=1S/C20H29N3O6S2/c1-28-14-15-29-19(25)11-10-18(24)22-20(30)21-16-6-8-17(9-7-16)31(26,27)23-12-4-2-3-5-13-23/h6-9H,2-5,10-15H2,1H3,(H2,21,22,24,30). The fourth-order valence-electron chi connectivity index (χ4n) is 3.02. The van der Waals surface area contributed by atoms with Crippen molar-refractivity contribution < 1.29 is 27.5 Å². The van der Waals surface area contributed by atoms with Gasteiger partial charge in [-0.1, -0.05) is 12.8 Å². The first-order chi connectivity index (χ1) is 14.8. The summed E-state index contributed by atoms with van der Waals surface area (Å²) in [6.45, 7) is 1.52. The molecule has 0 spiro atoms. The summed E-state index contributed by atoms with van der Waals surface area (Å²) in [5.41, 5.74) is 0.541. The van der Waals surface area contributed by atoms with Gasteiger partial charge in [0.25, 0.3) is 0 Å². The highest BCUT2D eigenvalue weighted by Crippen LogP contribution is 2.21. The number of carbonyl (C=O) groups is 2. The number of hydrogen-bond acceptors (Lipinski definition) is 7. The summed E-state index contributed by atoms with van der Waals surface area (Å²) >= 11 is 5.10. The Labute approximate surface area is 188 Å². The number of carbonyl (C=O) groups excluding carboxylic acids is 2. The average molecular weight is 472 g/mol. The van der Waals surface area contributed by atoms with Crippen LogP contribution in [0.2, 0.25) is 0 Å². The molecule has 0 atom stereocenters. The second-order valence-electron chi connectivity index (χ2n) is 7.06. The Morgan fingerprint density at radius 2 is 1.68 bits per heavy atom. The Balaban J connectivity index is 1.82. The molecule has 172 valence electrons. The van der Waals surface area contributed by atoms with Gasteiger partial charge in [0.05, 0.1) is 17.9 Å². The lowest BCUT2D eigenvalue weighted by molar-refractivity contribution is -0.146. The van der Waals surface area contributed by atoms with Gasteiger partial charge < -0.3 is 20.1 Å². The fraction of sp³-hybridized carbons (Fsp3) is 0.550. The minimum Gasteiger partial charge on any atom is -0.463 e. The lowest BCUT2D eigenvalue weighted by Gasteiger charge is -2.20. The molecule has 0 aromatic heterocycles. The van der Waals surface area contributed by atoms with Crippen molar-refractivity contribution in [3.63, 3.8) is 0 Å². The lowest BCUT2D eigenvalue weighted by atomic mass is 10.2. The average Bonchev–Trinajstić information content (AvgIpc) is 3.03. The predicted octanol–water partition coefficient (Wildman–Crippen LogP) is 2.03. The van der Waals surface area contributed by atoms with Crippen LogP contribution >= 0.6 is 12.2 Å².